The van der Waals surface area contributed by atoms with Crippen LogP contribution in [0.5, 0.6) is 5.75 Å². The lowest BCUT2D eigenvalue weighted by Crippen LogP contribution is -2.40. The van der Waals surface area contributed by atoms with Crippen LogP contribution in [-0.2, 0) is 0 Å². The van der Waals surface area contributed by atoms with E-state index in [2.05, 4.69) is 25.1 Å². The first-order chi connectivity index (χ1) is 9.78. The van der Waals surface area contributed by atoms with Crippen LogP contribution in [0.15, 0.2) is 18.5 Å². The summed E-state index contributed by atoms with van der Waals surface area (Å²) in [4.78, 5) is 10.7. The van der Waals surface area contributed by atoms with Crippen LogP contribution in [0.25, 0.3) is 11.4 Å². The molecule has 3 N–H and O–H groups in total. The Morgan fingerprint density at radius 3 is 2.95 bits per heavy atom. The monoisotopic (exact) mass is 274 g/mol. The standard InChI is InChI=1S/C13H18N6O/c1-20-11-8-15-5-2-10(11)12-16-13(18-17-12)19-6-3-9(14)4-7-19/h2,5,8-9H,3-4,6-7,14H2,1H3,(H,16,17,18). The highest BCUT2D eigenvalue weighted by molar-refractivity contribution is 5.63. The molecular formula is C13H18N6O. The van der Waals surface area contributed by atoms with E-state index in [-0.39, 0.29) is 0 Å². The van der Waals surface area contributed by atoms with Crippen LogP contribution in [-0.4, -0.2) is 46.4 Å². The Bertz CT molecular complexity index is 576. The topological polar surface area (TPSA) is 93.0 Å². The van der Waals surface area contributed by atoms with Crippen molar-refractivity contribution in [2.75, 3.05) is 25.1 Å². The highest BCUT2D eigenvalue weighted by Gasteiger charge is 2.20. The lowest BCUT2D eigenvalue weighted by Gasteiger charge is -2.28. The predicted octanol–water partition coefficient (Wildman–Crippen LogP) is 0.803. The Kier molecular flexibility index (Phi) is 3.51. The number of hydrogen-bond acceptors (Lipinski definition) is 6. The van der Waals surface area contributed by atoms with Gasteiger partial charge in [-0.05, 0) is 18.9 Å². The molecule has 3 heterocycles. The molecule has 1 fully saturated rings. The SMILES string of the molecule is COc1cnccc1-c1nc(N2CCC(N)CC2)n[nH]1. The van der Waals surface area contributed by atoms with E-state index in [1.54, 1.807) is 19.5 Å². The molecule has 0 atom stereocenters. The van der Waals surface area contributed by atoms with Gasteiger partial charge in [-0.3, -0.25) is 10.1 Å². The van der Waals surface area contributed by atoms with Crippen LogP contribution < -0.4 is 15.4 Å². The molecule has 1 aliphatic rings. The van der Waals surface area contributed by atoms with Crippen molar-refractivity contribution in [3.05, 3.63) is 18.5 Å². The summed E-state index contributed by atoms with van der Waals surface area (Å²) in [5.41, 5.74) is 6.77. The minimum Gasteiger partial charge on any atom is -0.494 e. The van der Waals surface area contributed by atoms with Gasteiger partial charge in [0.05, 0.1) is 18.9 Å². The zero-order valence-electron chi connectivity index (χ0n) is 11.4. The number of aromatic amines is 1. The summed E-state index contributed by atoms with van der Waals surface area (Å²) < 4.78 is 5.29. The number of rotatable bonds is 3. The number of anilines is 1. The highest BCUT2D eigenvalue weighted by atomic mass is 16.5. The Labute approximate surface area is 117 Å². The molecule has 2 aromatic heterocycles. The summed E-state index contributed by atoms with van der Waals surface area (Å²) in [6.45, 7) is 1.79. The Hall–Kier alpha value is -2.15. The first kappa shape index (κ1) is 12.9. The predicted molar refractivity (Wildman–Crippen MR) is 75.6 cm³/mol. The Balaban J connectivity index is 1.83. The van der Waals surface area contributed by atoms with E-state index in [9.17, 15) is 0 Å². The number of aromatic nitrogens is 4. The summed E-state index contributed by atoms with van der Waals surface area (Å²) in [5, 5.41) is 7.25. The lowest BCUT2D eigenvalue weighted by molar-refractivity contribution is 0.414. The minimum atomic E-state index is 0.296. The number of ether oxygens (including phenoxy) is 1. The molecule has 0 spiro atoms. The van der Waals surface area contributed by atoms with Crippen LogP contribution in [0.1, 0.15) is 12.8 Å². The Morgan fingerprint density at radius 2 is 2.20 bits per heavy atom. The van der Waals surface area contributed by atoms with E-state index in [0.29, 0.717) is 23.6 Å². The number of piperidine rings is 1. The van der Waals surface area contributed by atoms with Crippen LogP contribution >= 0.6 is 0 Å². The summed E-state index contributed by atoms with van der Waals surface area (Å²) in [7, 11) is 1.61. The number of nitrogens with one attached hydrogen (secondary N) is 1. The molecule has 20 heavy (non-hydrogen) atoms. The van der Waals surface area contributed by atoms with Gasteiger partial charge in [0.2, 0.25) is 5.95 Å². The van der Waals surface area contributed by atoms with E-state index in [1.165, 1.54) is 0 Å². The van der Waals surface area contributed by atoms with Crippen molar-refractivity contribution in [3.8, 4) is 17.1 Å². The molecule has 0 unspecified atom stereocenters. The van der Waals surface area contributed by atoms with Gasteiger partial charge in [0, 0.05) is 25.3 Å². The van der Waals surface area contributed by atoms with Crippen molar-refractivity contribution in [3.63, 3.8) is 0 Å². The molecule has 0 radical (unpaired) electrons. The van der Waals surface area contributed by atoms with Gasteiger partial charge in [0.1, 0.15) is 5.75 Å². The van der Waals surface area contributed by atoms with Gasteiger partial charge in [-0.1, -0.05) is 0 Å². The molecule has 0 bridgehead atoms. The maximum absolute atomic E-state index is 5.91. The van der Waals surface area contributed by atoms with Gasteiger partial charge in [-0.15, -0.1) is 5.10 Å². The normalized spacial score (nSPS) is 16.4. The summed E-state index contributed by atoms with van der Waals surface area (Å²) >= 11 is 0. The van der Waals surface area contributed by atoms with Gasteiger partial charge >= 0.3 is 0 Å². The third kappa shape index (κ3) is 2.44. The molecule has 0 amide bonds. The fourth-order valence-electron chi connectivity index (χ4n) is 2.35. The van der Waals surface area contributed by atoms with Crippen molar-refractivity contribution < 1.29 is 4.74 Å². The largest absolute Gasteiger partial charge is 0.494 e. The fraction of sp³-hybridized carbons (Fsp3) is 0.462. The summed E-state index contributed by atoms with van der Waals surface area (Å²) in [6, 6.07) is 2.15. The summed E-state index contributed by atoms with van der Waals surface area (Å²) in [6.07, 6.45) is 5.32. The first-order valence-electron chi connectivity index (χ1n) is 6.69. The Morgan fingerprint density at radius 1 is 1.40 bits per heavy atom. The zero-order valence-corrected chi connectivity index (χ0v) is 11.4. The molecule has 2 aromatic rings. The van der Waals surface area contributed by atoms with Crippen LogP contribution in [0, 0.1) is 0 Å². The average molecular weight is 274 g/mol. The van der Waals surface area contributed by atoms with Crippen molar-refractivity contribution in [2.45, 2.75) is 18.9 Å². The molecule has 1 aliphatic heterocycles. The van der Waals surface area contributed by atoms with E-state index in [1.807, 2.05) is 6.07 Å². The van der Waals surface area contributed by atoms with Gasteiger partial charge < -0.3 is 15.4 Å². The third-order valence-electron chi connectivity index (χ3n) is 3.56. The molecule has 0 aromatic carbocycles. The second-order valence-corrected chi connectivity index (χ2v) is 4.88. The van der Waals surface area contributed by atoms with Crippen molar-refractivity contribution in [1.82, 2.24) is 20.2 Å². The number of nitrogens with two attached hydrogens (primary N) is 1. The average Bonchev–Trinajstić information content (AvgIpc) is 2.97. The lowest BCUT2D eigenvalue weighted by atomic mass is 10.1. The third-order valence-corrected chi connectivity index (χ3v) is 3.56. The maximum Gasteiger partial charge on any atom is 0.245 e. The number of pyridine rings is 1. The zero-order chi connectivity index (χ0) is 13.9. The number of methoxy groups -OCH3 is 1. The van der Waals surface area contributed by atoms with Crippen molar-refractivity contribution in [1.29, 1.82) is 0 Å². The molecule has 1 saturated heterocycles. The molecule has 0 saturated carbocycles. The van der Waals surface area contributed by atoms with E-state index >= 15 is 0 Å². The van der Waals surface area contributed by atoms with E-state index in [4.69, 9.17) is 10.5 Å². The highest BCUT2D eigenvalue weighted by Crippen LogP contribution is 2.27. The quantitative estimate of drug-likeness (QED) is 0.860. The molecule has 3 rings (SSSR count). The van der Waals surface area contributed by atoms with Crippen molar-refractivity contribution in [2.24, 2.45) is 5.73 Å². The van der Waals surface area contributed by atoms with E-state index < -0.39 is 0 Å². The van der Waals surface area contributed by atoms with Gasteiger partial charge in [0.25, 0.3) is 0 Å². The fourth-order valence-corrected chi connectivity index (χ4v) is 2.35. The molecule has 7 nitrogen and oxygen atoms in total. The smallest absolute Gasteiger partial charge is 0.245 e. The minimum absolute atomic E-state index is 0.296. The molecule has 106 valence electrons. The number of H-pyrrole nitrogens is 1. The second kappa shape index (κ2) is 5.46. The molecule has 0 aliphatic carbocycles. The first-order valence-corrected chi connectivity index (χ1v) is 6.69. The van der Waals surface area contributed by atoms with Crippen LogP contribution in [0.2, 0.25) is 0 Å². The van der Waals surface area contributed by atoms with Gasteiger partial charge in [-0.2, -0.15) is 4.98 Å². The number of hydrogen-bond donors (Lipinski definition) is 2. The van der Waals surface area contributed by atoms with Gasteiger partial charge in [-0.25, -0.2) is 0 Å². The van der Waals surface area contributed by atoms with E-state index in [0.717, 1.165) is 31.5 Å². The number of nitrogens with zero attached hydrogens (tertiary/aromatic N) is 4. The van der Waals surface area contributed by atoms with Crippen molar-refractivity contribution >= 4 is 5.95 Å². The molecule has 7 heteroatoms. The maximum atomic E-state index is 5.91. The van der Waals surface area contributed by atoms with Gasteiger partial charge in [0.15, 0.2) is 5.82 Å². The molecular weight excluding hydrogens is 256 g/mol. The second-order valence-electron chi connectivity index (χ2n) is 4.88. The summed E-state index contributed by atoms with van der Waals surface area (Å²) in [5.74, 6) is 2.08. The van der Waals surface area contributed by atoms with Crippen LogP contribution in [0.3, 0.4) is 0 Å². The van der Waals surface area contributed by atoms with Crippen LogP contribution in [0.4, 0.5) is 5.95 Å².